The number of alkyl halides is 1. The number of nitrogens with zero attached hydrogens (tertiary/aromatic N) is 3. The topological polar surface area (TPSA) is 122 Å². The number of nitrogens with one attached hydrogen (secondary N) is 1. The number of ether oxygens (including phenoxy) is 2. The first-order valence-corrected chi connectivity index (χ1v) is 9.89. The van der Waals surface area contributed by atoms with E-state index >= 15 is 0 Å². The van der Waals surface area contributed by atoms with Crippen molar-refractivity contribution in [3.05, 3.63) is 34.2 Å². The van der Waals surface area contributed by atoms with E-state index in [-0.39, 0.29) is 34.9 Å². The Morgan fingerprint density at radius 3 is 2.71 bits per heavy atom. The molecule has 1 N–H and O–H groups in total. The molecular formula is C16H19FN4O6S. The fourth-order valence-electron chi connectivity index (χ4n) is 2.72. The Morgan fingerprint density at radius 2 is 2.11 bits per heavy atom. The molecule has 1 aliphatic rings. The highest BCUT2D eigenvalue weighted by Gasteiger charge is 2.33. The number of carbonyl (C=O) groups excluding carboxylic acids is 1. The standard InChI is InChI=1S/C16H19FN4O6S/c1-10-4-3-5-12(27-9-8-17)13(10)28(24,25)19-14(22)21-16(23)20(11-6-7-11)15(18-21)26-2/h3-5,11H,6-9H2,1-2H3,(H,19,22). The van der Waals surface area contributed by atoms with Crippen LogP contribution in [0.3, 0.4) is 0 Å². The molecule has 0 unspecified atom stereocenters. The summed E-state index contributed by atoms with van der Waals surface area (Å²) in [6, 6.07) is 2.91. The van der Waals surface area contributed by atoms with E-state index in [4.69, 9.17) is 9.47 Å². The minimum atomic E-state index is -4.43. The molecule has 12 heteroatoms. The van der Waals surface area contributed by atoms with E-state index in [0.29, 0.717) is 4.68 Å². The quantitative estimate of drug-likeness (QED) is 0.717. The van der Waals surface area contributed by atoms with Crippen molar-refractivity contribution in [1.82, 2.24) is 19.1 Å². The summed E-state index contributed by atoms with van der Waals surface area (Å²) in [5, 5.41) is 3.75. The number of halogens is 1. The van der Waals surface area contributed by atoms with Gasteiger partial charge in [-0.15, -0.1) is 9.78 Å². The lowest BCUT2D eigenvalue weighted by Crippen LogP contribution is -2.40. The number of hydrogen-bond donors (Lipinski definition) is 1. The summed E-state index contributed by atoms with van der Waals surface area (Å²) >= 11 is 0. The molecule has 1 aromatic carbocycles. The van der Waals surface area contributed by atoms with Crippen LogP contribution in [0.2, 0.25) is 0 Å². The van der Waals surface area contributed by atoms with Gasteiger partial charge in [0.2, 0.25) is 0 Å². The monoisotopic (exact) mass is 414 g/mol. The average Bonchev–Trinajstić information content (AvgIpc) is 3.41. The summed E-state index contributed by atoms with van der Waals surface area (Å²) in [7, 11) is -3.13. The number of rotatable bonds is 7. The predicted octanol–water partition coefficient (Wildman–Crippen LogP) is 0.992. The van der Waals surface area contributed by atoms with Gasteiger partial charge in [-0.05, 0) is 31.4 Å². The third-order valence-corrected chi connectivity index (χ3v) is 5.57. The summed E-state index contributed by atoms with van der Waals surface area (Å²) in [5.41, 5.74) is -0.518. The van der Waals surface area contributed by atoms with Crippen LogP contribution in [0.25, 0.3) is 0 Å². The zero-order valence-electron chi connectivity index (χ0n) is 15.2. The van der Waals surface area contributed by atoms with Crippen LogP contribution < -0.4 is 19.9 Å². The van der Waals surface area contributed by atoms with Gasteiger partial charge in [0.25, 0.3) is 10.0 Å². The smallest absolute Gasteiger partial charge is 0.360 e. The summed E-state index contributed by atoms with van der Waals surface area (Å²) in [4.78, 5) is 24.6. The lowest BCUT2D eigenvalue weighted by atomic mass is 10.2. The Morgan fingerprint density at radius 1 is 1.39 bits per heavy atom. The molecule has 0 spiro atoms. The molecule has 1 aromatic heterocycles. The number of hydrogen-bond acceptors (Lipinski definition) is 7. The van der Waals surface area contributed by atoms with Crippen LogP contribution in [0.5, 0.6) is 11.8 Å². The van der Waals surface area contributed by atoms with E-state index < -0.39 is 28.4 Å². The van der Waals surface area contributed by atoms with Gasteiger partial charge in [-0.2, -0.15) is 0 Å². The van der Waals surface area contributed by atoms with Crippen LogP contribution in [0.15, 0.2) is 27.9 Å². The van der Waals surface area contributed by atoms with Gasteiger partial charge < -0.3 is 9.47 Å². The highest BCUT2D eigenvalue weighted by Crippen LogP contribution is 2.35. The minimum Gasteiger partial charge on any atom is -0.489 e. The van der Waals surface area contributed by atoms with Crippen LogP contribution in [0.4, 0.5) is 9.18 Å². The second-order valence-electron chi connectivity index (χ2n) is 6.13. The van der Waals surface area contributed by atoms with Crippen LogP contribution in [0, 0.1) is 6.92 Å². The van der Waals surface area contributed by atoms with E-state index in [9.17, 15) is 22.4 Å². The van der Waals surface area contributed by atoms with Crippen molar-refractivity contribution in [3.8, 4) is 11.8 Å². The van der Waals surface area contributed by atoms with Crippen molar-refractivity contribution in [2.45, 2.75) is 30.7 Å². The number of benzene rings is 1. The van der Waals surface area contributed by atoms with Crippen molar-refractivity contribution >= 4 is 16.1 Å². The molecule has 0 radical (unpaired) electrons. The first-order chi connectivity index (χ1) is 13.3. The molecule has 152 valence electrons. The Kier molecular flexibility index (Phi) is 5.40. The minimum absolute atomic E-state index is 0.0806. The lowest BCUT2D eigenvalue weighted by molar-refractivity contribution is 0.243. The van der Waals surface area contributed by atoms with E-state index in [1.807, 2.05) is 0 Å². The molecule has 0 saturated heterocycles. The molecule has 10 nitrogen and oxygen atoms in total. The number of carbonyl (C=O) groups is 1. The molecule has 1 saturated carbocycles. The molecule has 0 aliphatic heterocycles. The third-order valence-electron chi connectivity index (χ3n) is 4.07. The van der Waals surface area contributed by atoms with Crippen molar-refractivity contribution in [1.29, 1.82) is 0 Å². The summed E-state index contributed by atoms with van der Waals surface area (Å²) < 4.78 is 51.5. The van der Waals surface area contributed by atoms with Crippen molar-refractivity contribution in [2.24, 2.45) is 0 Å². The first kappa shape index (κ1) is 19.9. The molecule has 0 atom stereocenters. The number of aromatic nitrogens is 3. The maximum atomic E-state index is 12.8. The first-order valence-electron chi connectivity index (χ1n) is 8.41. The van der Waals surface area contributed by atoms with Crippen molar-refractivity contribution < 1.29 is 27.1 Å². The molecule has 2 aromatic rings. The summed E-state index contributed by atoms with van der Waals surface area (Å²) in [6.45, 7) is 0.342. The van der Waals surface area contributed by atoms with Gasteiger partial charge in [-0.3, -0.25) is 0 Å². The van der Waals surface area contributed by atoms with Gasteiger partial charge >= 0.3 is 17.7 Å². The zero-order valence-corrected chi connectivity index (χ0v) is 16.0. The van der Waals surface area contributed by atoms with Crippen LogP contribution >= 0.6 is 0 Å². The van der Waals surface area contributed by atoms with Gasteiger partial charge in [-0.1, -0.05) is 12.1 Å². The van der Waals surface area contributed by atoms with E-state index in [1.165, 1.54) is 36.8 Å². The Balaban J connectivity index is 1.94. The molecular weight excluding hydrogens is 395 g/mol. The number of aryl methyl sites for hydroxylation is 1. The maximum Gasteiger partial charge on any atom is 0.360 e. The second-order valence-corrected chi connectivity index (χ2v) is 7.75. The van der Waals surface area contributed by atoms with Crippen molar-refractivity contribution in [2.75, 3.05) is 20.4 Å². The zero-order chi connectivity index (χ0) is 20.5. The normalized spacial score (nSPS) is 14.0. The number of amides is 1. The predicted molar refractivity (Wildman–Crippen MR) is 95.1 cm³/mol. The summed E-state index contributed by atoms with van der Waals surface area (Å²) in [5.74, 6) is -0.105. The van der Waals surface area contributed by atoms with Crippen LogP contribution in [-0.2, 0) is 10.0 Å². The van der Waals surface area contributed by atoms with E-state index in [2.05, 4.69) is 5.10 Å². The van der Waals surface area contributed by atoms with Gasteiger partial charge in [0.1, 0.15) is 23.9 Å². The Bertz CT molecular complexity index is 1060. The molecule has 3 rings (SSSR count). The van der Waals surface area contributed by atoms with Gasteiger partial charge in [-0.25, -0.2) is 31.7 Å². The van der Waals surface area contributed by atoms with E-state index in [0.717, 1.165) is 12.8 Å². The molecule has 1 fully saturated rings. The van der Waals surface area contributed by atoms with Gasteiger partial charge in [0.05, 0.1) is 7.11 Å². The van der Waals surface area contributed by atoms with E-state index in [1.54, 1.807) is 4.72 Å². The number of methoxy groups -OCH3 is 1. The second kappa shape index (κ2) is 7.62. The molecule has 1 heterocycles. The molecule has 1 amide bonds. The summed E-state index contributed by atoms with van der Waals surface area (Å²) in [6.07, 6.45) is 1.47. The fraction of sp³-hybridized carbons (Fsp3) is 0.438. The van der Waals surface area contributed by atoms with Crippen LogP contribution in [0.1, 0.15) is 24.4 Å². The lowest BCUT2D eigenvalue weighted by Gasteiger charge is -2.13. The van der Waals surface area contributed by atoms with Crippen LogP contribution in [-0.4, -0.2) is 49.2 Å². The van der Waals surface area contributed by atoms with Crippen molar-refractivity contribution in [3.63, 3.8) is 0 Å². The maximum absolute atomic E-state index is 12.8. The highest BCUT2D eigenvalue weighted by atomic mass is 32.2. The SMILES string of the molecule is COc1nn(C(=O)NS(=O)(=O)c2c(C)cccc2OCCF)c(=O)n1C1CC1. The third kappa shape index (κ3) is 3.72. The highest BCUT2D eigenvalue weighted by molar-refractivity contribution is 7.90. The number of sulfonamides is 1. The van der Waals surface area contributed by atoms with Gasteiger partial charge in [0.15, 0.2) is 0 Å². The Hall–Kier alpha value is -2.89. The van der Waals surface area contributed by atoms with Gasteiger partial charge in [0, 0.05) is 6.04 Å². The molecule has 1 aliphatic carbocycles. The largest absolute Gasteiger partial charge is 0.489 e. The fourth-order valence-corrected chi connectivity index (χ4v) is 4.02. The Labute approximate surface area is 159 Å². The molecule has 0 bridgehead atoms. The average molecular weight is 414 g/mol. The molecule has 28 heavy (non-hydrogen) atoms.